The Bertz CT molecular complexity index is 1110. The summed E-state index contributed by atoms with van der Waals surface area (Å²) in [5, 5.41) is 0. The highest BCUT2D eigenvalue weighted by Gasteiger charge is 2.24. The van der Waals surface area contributed by atoms with Crippen LogP contribution in [0.2, 0.25) is 0 Å². The van der Waals surface area contributed by atoms with E-state index in [1.165, 1.54) is 0 Å². The van der Waals surface area contributed by atoms with E-state index >= 15 is 0 Å². The smallest absolute Gasteiger partial charge is 0.363 e. The Morgan fingerprint density at radius 3 is 2.31 bits per heavy atom. The van der Waals surface area contributed by atoms with Gasteiger partial charge in [0.15, 0.2) is 5.70 Å². The molecular weight excluding hydrogens is 366 g/mol. The fourth-order valence-corrected chi connectivity index (χ4v) is 2.76. The van der Waals surface area contributed by atoms with E-state index in [0.29, 0.717) is 11.3 Å². The Morgan fingerprint density at radius 1 is 0.931 bits per heavy atom. The predicted molar refractivity (Wildman–Crippen MR) is 110 cm³/mol. The zero-order valence-electron chi connectivity index (χ0n) is 15.7. The van der Waals surface area contributed by atoms with Gasteiger partial charge in [-0.25, -0.2) is 14.6 Å². The Balaban J connectivity index is 1.49. The van der Waals surface area contributed by atoms with Gasteiger partial charge in [0.25, 0.3) is 0 Å². The van der Waals surface area contributed by atoms with Crippen molar-refractivity contribution in [2.45, 2.75) is 6.92 Å². The van der Waals surface area contributed by atoms with Gasteiger partial charge < -0.3 is 9.47 Å². The van der Waals surface area contributed by atoms with Gasteiger partial charge in [0.1, 0.15) is 5.75 Å². The lowest BCUT2D eigenvalue weighted by Gasteiger charge is -2.04. The lowest BCUT2D eigenvalue weighted by atomic mass is 10.1. The molecule has 0 aliphatic carbocycles. The van der Waals surface area contributed by atoms with Crippen LogP contribution >= 0.6 is 0 Å². The van der Waals surface area contributed by atoms with Crippen LogP contribution in [-0.4, -0.2) is 17.8 Å². The molecule has 0 atom stereocenters. The molecule has 0 spiro atoms. The van der Waals surface area contributed by atoms with E-state index in [1.807, 2.05) is 37.3 Å². The maximum atomic E-state index is 12.1. The number of cyclic esters (lactones) is 1. The van der Waals surface area contributed by atoms with E-state index in [0.717, 1.165) is 16.7 Å². The van der Waals surface area contributed by atoms with Crippen molar-refractivity contribution in [2.75, 3.05) is 0 Å². The number of hydrogen-bond acceptors (Lipinski definition) is 5. The van der Waals surface area contributed by atoms with Crippen LogP contribution in [0.1, 0.15) is 27.0 Å². The molecule has 5 nitrogen and oxygen atoms in total. The number of aryl methyl sites for hydroxylation is 1. The lowest BCUT2D eigenvalue weighted by Crippen LogP contribution is -2.07. The van der Waals surface area contributed by atoms with E-state index in [1.54, 1.807) is 54.6 Å². The zero-order chi connectivity index (χ0) is 20.2. The van der Waals surface area contributed by atoms with Crippen LogP contribution in [0.3, 0.4) is 0 Å². The third-order valence-corrected chi connectivity index (χ3v) is 4.32. The molecule has 1 heterocycles. The summed E-state index contributed by atoms with van der Waals surface area (Å²) in [7, 11) is 0. The number of carbonyl (C=O) groups is 2. The summed E-state index contributed by atoms with van der Waals surface area (Å²) in [6, 6.07) is 23.2. The van der Waals surface area contributed by atoms with Crippen LogP contribution in [0, 0.1) is 6.92 Å². The summed E-state index contributed by atoms with van der Waals surface area (Å²) in [4.78, 5) is 28.5. The van der Waals surface area contributed by atoms with E-state index < -0.39 is 11.9 Å². The number of hydrogen-bond donors (Lipinski definition) is 0. The number of nitrogens with zero attached hydrogens (tertiary/aromatic N) is 1. The van der Waals surface area contributed by atoms with E-state index in [9.17, 15) is 9.59 Å². The zero-order valence-corrected chi connectivity index (χ0v) is 15.7. The quantitative estimate of drug-likeness (QED) is 0.376. The molecule has 5 heteroatoms. The third-order valence-electron chi connectivity index (χ3n) is 4.32. The van der Waals surface area contributed by atoms with Gasteiger partial charge in [-0.1, -0.05) is 48.0 Å². The third kappa shape index (κ3) is 4.30. The van der Waals surface area contributed by atoms with Crippen molar-refractivity contribution in [1.82, 2.24) is 0 Å². The van der Waals surface area contributed by atoms with Crippen LogP contribution in [0.25, 0.3) is 6.08 Å². The van der Waals surface area contributed by atoms with Crippen molar-refractivity contribution in [1.29, 1.82) is 0 Å². The van der Waals surface area contributed by atoms with Crippen LogP contribution in [0.15, 0.2) is 89.6 Å². The molecule has 0 saturated carbocycles. The van der Waals surface area contributed by atoms with Crippen molar-refractivity contribution in [3.8, 4) is 5.75 Å². The van der Waals surface area contributed by atoms with Gasteiger partial charge in [0.05, 0.1) is 5.56 Å². The van der Waals surface area contributed by atoms with Crippen molar-refractivity contribution in [2.24, 2.45) is 4.99 Å². The maximum Gasteiger partial charge on any atom is 0.363 e. The standard InChI is InChI=1S/C24H17NO4/c1-16-7-11-18(12-8-16)22-25-21(24(27)29-22)15-17-9-13-20(14-10-17)28-23(26)19-5-3-2-4-6-19/h2-15H,1H3/b21-15-. The Morgan fingerprint density at radius 2 is 1.62 bits per heavy atom. The second kappa shape index (κ2) is 7.94. The van der Waals surface area contributed by atoms with Crippen molar-refractivity contribution in [3.05, 3.63) is 107 Å². The average molecular weight is 383 g/mol. The maximum absolute atomic E-state index is 12.1. The highest BCUT2D eigenvalue weighted by atomic mass is 16.6. The van der Waals surface area contributed by atoms with Gasteiger partial charge in [-0.15, -0.1) is 0 Å². The highest BCUT2D eigenvalue weighted by Crippen LogP contribution is 2.21. The minimum atomic E-state index is -0.500. The summed E-state index contributed by atoms with van der Waals surface area (Å²) in [5.41, 5.74) is 3.29. The first kappa shape index (κ1) is 18.4. The molecule has 0 fully saturated rings. The number of ether oxygens (including phenoxy) is 2. The molecule has 0 bridgehead atoms. The lowest BCUT2D eigenvalue weighted by molar-refractivity contribution is -0.129. The first-order chi connectivity index (χ1) is 14.1. The Labute approximate surface area is 167 Å². The van der Waals surface area contributed by atoms with E-state index in [2.05, 4.69) is 4.99 Å². The Hall–Kier alpha value is -3.99. The molecule has 0 radical (unpaired) electrons. The molecule has 1 aliphatic heterocycles. The first-order valence-electron chi connectivity index (χ1n) is 9.05. The Kier molecular flexibility index (Phi) is 5.03. The molecule has 0 saturated heterocycles. The van der Waals surface area contributed by atoms with Crippen molar-refractivity contribution >= 4 is 23.9 Å². The fraction of sp³-hybridized carbons (Fsp3) is 0.0417. The van der Waals surface area contributed by atoms with Crippen LogP contribution in [0.5, 0.6) is 5.75 Å². The molecular formula is C24H17NO4. The summed E-state index contributed by atoms with van der Waals surface area (Å²) in [6.07, 6.45) is 1.63. The molecule has 4 rings (SSSR count). The largest absolute Gasteiger partial charge is 0.423 e. The minimum Gasteiger partial charge on any atom is -0.423 e. The average Bonchev–Trinajstić information content (AvgIpc) is 3.11. The predicted octanol–water partition coefficient (Wildman–Crippen LogP) is 4.56. The number of rotatable bonds is 4. The van der Waals surface area contributed by atoms with Crippen LogP contribution in [0.4, 0.5) is 0 Å². The summed E-state index contributed by atoms with van der Waals surface area (Å²) in [5.74, 6) is -0.225. The molecule has 1 aliphatic rings. The monoisotopic (exact) mass is 383 g/mol. The van der Waals surface area contributed by atoms with E-state index in [4.69, 9.17) is 9.47 Å². The molecule has 142 valence electrons. The SMILES string of the molecule is Cc1ccc(C2=N/C(=C\c3ccc(OC(=O)c4ccccc4)cc3)C(=O)O2)cc1. The molecule has 3 aromatic rings. The van der Waals surface area contributed by atoms with Gasteiger partial charge in [0, 0.05) is 5.56 Å². The molecule has 0 amide bonds. The molecule has 0 unspecified atom stereocenters. The summed E-state index contributed by atoms with van der Waals surface area (Å²) >= 11 is 0. The summed E-state index contributed by atoms with van der Waals surface area (Å²) in [6.45, 7) is 1.98. The normalized spacial score (nSPS) is 14.4. The van der Waals surface area contributed by atoms with Gasteiger partial charge >= 0.3 is 11.9 Å². The molecule has 29 heavy (non-hydrogen) atoms. The number of esters is 2. The van der Waals surface area contributed by atoms with Gasteiger partial charge in [0.2, 0.25) is 5.90 Å². The minimum absolute atomic E-state index is 0.217. The topological polar surface area (TPSA) is 65.0 Å². The fourth-order valence-electron chi connectivity index (χ4n) is 2.76. The second-order valence-corrected chi connectivity index (χ2v) is 6.53. The van der Waals surface area contributed by atoms with Gasteiger partial charge in [-0.3, -0.25) is 0 Å². The highest BCUT2D eigenvalue weighted by molar-refractivity contribution is 6.12. The number of carbonyl (C=O) groups excluding carboxylic acids is 2. The van der Waals surface area contributed by atoms with Crippen molar-refractivity contribution < 1.29 is 19.1 Å². The second-order valence-electron chi connectivity index (χ2n) is 6.53. The van der Waals surface area contributed by atoms with Gasteiger partial charge in [-0.2, -0.15) is 0 Å². The molecule has 0 aromatic heterocycles. The van der Waals surface area contributed by atoms with E-state index in [-0.39, 0.29) is 11.6 Å². The number of aliphatic imine (C=N–C) groups is 1. The molecule has 3 aromatic carbocycles. The number of benzene rings is 3. The summed E-state index contributed by atoms with van der Waals surface area (Å²) < 4.78 is 10.6. The van der Waals surface area contributed by atoms with Crippen molar-refractivity contribution in [3.63, 3.8) is 0 Å². The first-order valence-corrected chi connectivity index (χ1v) is 9.05. The molecule has 0 N–H and O–H groups in total. The van der Waals surface area contributed by atoms with Crippen LogP contribution in [-0.2, 0) is 9.53 Å². The van der Waals surface area contributed by atoms with Gasteiger partial charge in [-0.05, 0) is 55.0 Å². The van der Waals surface area contributed by atoms with Crippen LogP contribution < -0.4 is 4.74 Å².